The van der Waals surface area contributed by atoms with E-state index in [0.29, 0.717) is 56.2 Å². The van der Waals surface area contributed by atoms with Crippen molar-refractivity contribution in [2.45, 2.75) is 44.7 Å². The number of rotatable bonds is 9. The number of hydrogen-bond donors (Lipinski definition) is 3. The summed E-state index contributed by atoms with van der Waals surface area (Å²) in [6.07, 6.45) is 3.73. The SMILES string of the molecule is COCC(C)N(C(=O)c1nc[nH]c1C(N)=O)[C@H]1CC[C@H](C(=O)Nc2cc(N3CCOCC3)ccc2Cl)CC1. The first-order valence-corrected chi connectivity index (χ1v) is 13.3. The van der Waals surface area contributed by atoms with Crippen molar-refractivity contribution in [3.63, 3.8) is 0 Å². The number of nitrogens with one attached hydrogen (secondary N) is 2. The number of H-pyrrole nitrogens is 1. The van der Waals surface area contributed by atoms with Gasteiger partial charge >= 0.3 is 0 Å². The maximum atomic E-state index is 13.5. The van der Waals surface area contributed by atoms with Crippen LogP contribution in [-0.2, 0) is 14.3 Å². The van der Waals surface area contributed by atoms with Gasteiger partial charge in [0, 0.05) is 37.8 Å². The molecule has 2 fully saturated rings. The van der Waals surface area contributed by atoms with Crippen molar-refractivity contribution >= 4 is 40.7 Å². The Kier molecular flexibility index (Phi) is 9.24. The van der Waals surface area contributed by atoms with E-state index in [4.69, 9.17) is 26.8 Å². The van der Waals surface area contributed by atoms with Crippen molar-refractivity contribution in [1.29, 1.82) is 0 Å². The lowest BCUT2D eigenvalue weighted by molar-refractivity contribution is -0.121. The lowest BCUT2D eigenvalue weighted by Crippen LogP contribution is -2.50. The Morgan fingerprint density at radius 3 is 2.63 bits per heavy atom. The van der Waals surface area contributed by atoms with Gasteiger partial charge in [0.1, 0.15) is 5.69 Å². The van der Waals surface area contributed by atoms with Gasteiger partial charge in [-0.2, -0.15) is 0 Å². The number of carbonyl (C=O) groups is 3. The van der Waals surface area contributed by atoms with Crippen molar-refractivity contribution in [3.05, 3.63) is 40.9 Å². The Morgan fingerprint density at radius 1 is 1.26 bits per heavy atom. The first-order chi connectivity index (χ1) is 18.3. The number of aromatic nitrogens is 2. The molecule has 2 aromatic rings. The lowest BCUT2D eigenvalue weighted by Gasteiger charge is -2.39. The van der Waals surface area contributed by atoms with Crippen LogP contribution in [0.15, 0.2) is 24.5 Å². The van der Waals surface area contributed by atoms with E-state index in [1.54, 1.807) is 18.1 Å². The highest BCUT2D eigenvalue weighted by Gasteiger charge is 2.36. The molecule has 11 nitrogen and oxygen atoms in total. The van der Waals surface area contributed by atoms with E-state index in [2.05, 4.69) is 20.2 Å². The van der Waals surface area contributed by atoms with E-state index in [1.807, 2.05) is 19.1 Å². The quantitative estimate of drug-likeness (QED) is 0.438. The number of carbonyl (C=O) groups excluding carboxylic acids is 3. The van der Waals surface area contributed by atoms with E-state index in [1.165, 1.54) is 6.33 Å². The molecule has 1 saturated carbocycles. The van der Waals surface area contributed by atoms with Crippen LogP contribution in [0.2, 0.25) is 5.02 Å². The molecule has 38 heavy (non-hydrogen) atoms. The van der Waals surface area contributed by atoms with Gasteiger partial charge in [-0.15, -0.1) is 0 Å². The molecular formula is C26H35ClN6O5. The molecule has 1 aliphatic heterocycles. The highest BCUT2D eigenvalue weighted by Crippen LogP contribution is 2.33. The Hall–Kier alpha value is -3.15. The number of aromatic amines is 1. The predicted molar refractivity (Wildman–Crippen MR) is 143 cm³/mol. The molecule has 1 aromatic carbocycles. The Morgan fingerprint density at radius 2 is 1.97 bits per heavy atom. The molecule has 0 bridgehead atoms. The first kappa shape index (κ1) is 27.9. The fraction of sp³-hybridized carbons (Fsp3) is 0.538. The van der Waals surface area contributed by atoms with Gasteiger partial charge in [-0.1, -0.05) is 11.6 Å². The van der Waals surface area contributed by atoms with Crippen molar-refractivity contribution in [1.82, 2.24) is 14.9 Å². The number of ether oxygens (including phenoxy) is 2. The molecule has 0 radical (unpaired) electrons. The molecular weight excluding hydrogens is 512 g/mol. The highest BCUT2D eigenvalue weighted by atomic mass is 35.5. The smallest absolute Gasteiger partial charge is 0.275 e. The van der Waals surface area contributed by atoms with Crippen molar-refractivity contribution in [2.24, 2.45) is 11.7 Å². The fourth-order valence-corrected chi connectivity index (χ4v) is 5.46. The van der Waals surface area contributed by atoms with Crippen LogP contribution in [0, 0.1) is 5.92 Å². The van der Waals surface area contributed by atoms with Gasteiger partial charge in [-0.25, -0.2) is 4.98 Å². The third kappa shape index (κ3) is 6.28. The zero-order chi connectivity index (χ0) is 27.2. The summed E-state index contributed by atoms with van der Waals surface area (Å²) in [5.41, 5.74) is 6.98. The third-order valence-electron chi connectivity index (χ3n) is 7.25. The topological polar surface area (TPSA) is 143 Å². The number of benzene rings is 1. The summed E-state index contributed by atoms with van der Waals surface area (Å²) in [5.74, 6) is -1.43. The second-order valence-electron chi connectivity index (χ2n) is 9.77. The molecule has 206 valence electrons. The van der Waals surface area contributed by atoms with Crippen LogP contribution in [0.4, 0.5) is 11.4 Å². The van der Waals surface area contributed by atoms with Crippen LogP contribution in [-0.4, -0.2) is 84.7 Å². The van der Waals surface area contributed by atoms with Crippen LogP contribution in [0.25, 0.3) is 0 Å². The molecule has 1 aromatic heterocycles. The molecule has 12 heteroatoms. The first-order valence-electron chi connectivity index (χ1n) is 12.9. The lowest BCUT2D eigenvalue weighted by atomic mass is 9.84. The Bertz CT molecular complexity index is 1140. The van der Waals surface area contributed by atoms with Gasteiger partial charge in [0.05, 0.1) is 42.9 Å². The van der Waals surface area contributed by atoms with Crippen LogP contribution < -0.4 is 16.0 Å². The number of imidazole rings is 1. The standard InChI is InChI=1S/C26H35ClN6O5/c1-16(14-37-2)33(26(36)23-22(24(28)34)29-15-30-23)18-5-3-17(4-6-18)25(35)31-21-13-19(7-8-20(21)27)32-9-11-38-12-10-32/h7-8,13,15-18H,3-6,9-12,14H2,1-2H3,(H2,28,34)(H,29,30)(H,31,35)/t16?,17-,18-. The number of primary amides is 1. The summed E-state index contributed by atoms with van der Waals surface area (Å²) in [4.78, 5) is 49.1. The Balaban J connectivity index is 1.42. The van der Waals surface area contributed by atoms with Crippen molar-refractivity contribution in [3.8, 4) is 0 Å². The number of nitrogens with zero attached hydrogens (tertiary/aromatic N) is 3. The molecule has 2 heterocycles. The molecule has 1 atom stereocenters. The molecule has 1 aliphatic carbocycles. The van der Waals surface area contributed by atoms with Gasteiger partial charge in [0.15, 0.2) is 5.69 Å². The third-order valence-corrected chi connectivity index (χ3v) is 7.58. The average molecular weight is 547 g/mol. The molecule has 0 spiro atoms. The number of methoxy groups -OCH3 is 1. The zero-order valence-corrected chi connectivity index (χ0v) is 22.5. The number of halogens is 1. The Labute approximate surface area is 227 Å². The van der Waals surface area contributed by atoms with Gasteiger partial charge in [-0.05, 0) is 50.8 Å². The van der Waals surface area contributed by atoms with E-state index in [0.717, 1.165) is 18.8 Å². The monoisotopic (exact) mass is 546 g/mol. The van der Waals surface area contributed by atoms with Gasteiger partial charge in [0.2, 0.25) is 5.91 Å². The largest absolute Gasteiger partial charge is 0.383 e. The predicted octanol–water partition coefficient (Wildman–Crippen LogP) is 2.67. The number of anilines is 2. The van der Waals surface area contributed by atoms with Crippen LogP contribution in [0.1, 0.15) is 53.6 Å². The molecule has 4 rings (SSSR count). The van der Waals surface area contributed by atoms with Crippen LogP contribution in [0.5, 0.6) is 0 Å². The summed E-state index contributed by atoms with van der Waals surface area (Å²) in [6.45, 7) is 5.12. The molecule has 1 unspecified atom stereocenters. The summed E-state index contributed by atoms with van der Waals surface area (Å²) < 4.78 is 10.7. The van der Waals surface area contributed by atoms with Crippen LogP contribution in [0.3, 0.4) is 0 Å². The van der Waals surface area contributed by atoms with E-state index >= 15 is 0 Å². The fourth-order valence-electron chi connectivity index (χ4n) is 5.29. The average Bonchev–Trinajstić information content (AvgIpc) is 3.42. The molecule has 1 saturated heterocycles. The van der Waals surface area contributed by atoms with E-state index < -0.39 is 5.91 Å². The number of amides is 3. The minimum atomic E-state index is -0.748. The van der Waals surface area contributed by atoms with Gasteiger partial charge in [0.25, 0.3) is 11.8 Å². The summed E-state index contributed by atoms with van der Waals surface area (Å²) in [6, 6.07) is 5.26. The van der Waals surface area contributed by atoms with Crippen LogP contribution >= 0.6 is 11.6 Å². The molecule has 4 N–H and O–H groups in total. The van der Waals surface area contributed by atoms with Crippen molar-refractivity contribution < 1.29 is 23.9 Å². The van der Waals surface area contributed by atoms with Gasteiger partial charge < -0.3 is 35.3 Å². The minimum Gasteiger partial charge on any atom is -0.383 e. The second-order valence-corrected chi connectivity index (χ2v) is 10.2. The summed E-state index contributed by atoms with van der Waals surface area (Å²) in [5, 5.41) is 3.50. The molecule has 2 aliphatic rings. The zero-order valence-electron chi connectivity index (χ0n) is 21.7. The van der Waals surface area contributed by atoms with E-state index in [9.17, 15) is 14.4 Å². The maximum Gasteiger partial charge on any atom is 0.275 e. The summed E-state index contributed by atoms with van der Waals surface area (Å²) in [7, 11) is 1.57. The minimum absolute atomic E-state index is 0.00453. The number of nitrogens with two attached hydrogens (primary N) is 1. The van der Waals surface area contributed by atoms with Gasteiger partial charge in [-0.3, -0.25) is 14.4 Å². The summed E-state index contributed by atoms with van der Waals surface area (Å²) >= 11 is 6.41. The maximum absolute atomic E-state index is 13.5. The second kappa shape index (κ2) is 12.6. The molecule has 3 amide bonds. The number of morpholine rings is 1. The van der Waals surface area contributed by atoms with E-state index in [-0.39, 0.29) is 41.2 Å². The number of hydrogen-bond acceptors (Lipinski definition) is 7. The van der Waals surface area contributed by atoms with Crippen molar-refractivity contribution in [2.75, 3.05) is 50.2 Å². The highest BCUT2D eigenvalue weighted by molar-refractivity contribution is 6.33. The normalized spacial score (nSPS) is 20.6.